The van der Waals surface area contributed by atoms with Crippen LogP contribution in [0.15, 0.2) is 24.3 Å². The standard InChI is InChI=1S/C12H15N5OS.ClH/c1-19-7-11(18)14-9-4-2-8(3-5-9)12-15-10(6-13)16-17-12;/h2-5H,6-7,13H2,1H3,(H,14,18)(H,15,16,17);1H. The van der Waals surface area contributed by atoms with E-state index < -0.39 is 0 Å². The molecule has 0 fully saturated rings. The minimum Gasteiger partial charge on any atom is -0.325 e. The summed E-state index contributed by atoms with van der Waals surface area (Å²) in [6.07, 6.45) is 1.89. The van der Waals surface area contributed by atoms with Crippen LogP contribution >= 0.6 is 24.2 Å². The van der Waals surface area contributed by atoms with Gasteiger partial charge in [0, 0.05) is 11.3 Å². The number of anilines is 1. The Balaban J connectivity index is 0.00000200. The number of rotatable bonds is 5. The molecule has 0 unspecified atom stereocenters. The molecule has 0 bridgehead atoms. The number of carbonyl (C=O) groups is 1. The lowest BCUT2D eigenvalue weighted by atomic mass is 10.2. The number of thioether (sulfide) groups is 1. The number of aromatic amines is 1. The van der Waals surface area contributed by atoms with Crippen LogP contribution in [0.3, 0.4) is 0 Å². The number of H-pyrrole nitrogens is 1. The second kappa shape index (κ2) is 7.88. The second-order valence-electron chi connectivity index (χ2n) is 3.87. The van der Waals surface area contributed by atoms with Crippen LogP contribution in [0, 0.1) is 0 Å². The first kappa shape index (κ1) is 16.5. The van der Waals surface area contributed by atoms with Crippen LogP contribution in [0.5, 0.6) is 0 Å². The van der Waals surface area contributed by atoms with Gasteiger partial charge >= 0.3 is 0 Å². The monoisotopic (exact) mass is 313 g/mol. The largest absolute Gasteiger partial charge is 0.325 e. The highest BCUT2D eigenvalue weighted by molar-refractivity contribution is 7.99. The number of hydrogen-bond acceptors (Lipinski definition) is 5. The molecule has 0 spiro atoms. The van der Waals surface area contributed by atoms with Crippen molar-refractivity contribution in [2.24, 2.45) is 5.73 Å². The fourth-order valence-corrected chi connectivity index (χ4v) is 1.88. The van der Waals surface area contributed by atoms with Gasteiger partial charge in [-0.15, -0.1) is 12.4 Å². The minimum atomic E-state index is -0.0106. The molecule has 0 radical (unpaired) electrons. The Kier molecular flexibility index (Phi) is 6.50. The summed E-state index contributed by atoms with van der Waals surface area (Å²) in [4.78, 5) is 15.7. The van der Waals surface area contributed by atoms with E-state index in [1.165, 1.54) is 11.8 Å². The van der Waals surface area contributed by atoms with Crippen LogP contribution in [-0.2, 0) is 11.3 Å². The molecule has 108 valence electrons. The van der Waals surface area contributed by atoms with Gasteiger partial charge in [0.25, 0.3) is 0 Å². The number of nitrogens with two attached hydrogens (primary N) is 1. The number of benzene rings is 1. The molecule has 0 aliphatic carbocycles. The highest BCUT2D eigenvalue weighted by Gasteiger charge is 2.06. The van der Waals surface area contributed by atoms with E-state index in [-0.39, 0.29) is 18.3 Å². The molecule has 2 rings (SSSR count). The van der Waals surface area contributed by atoms with Crippen LogP contribution in [0.2, 0.25) is 0 Å². The normalized spacial score (nSPS) is 9.90. The van der Waals surface area contributed by atoms with Gasteiger partial charge in [0.05, 0.1) is 12.3 Å². The summed E-state index contributed by atoms with van der Waals surface area (Å²) in [6, 6.07) is 7.37. The summed E-state index contributed by atoms with van der Waals surface area (Å²) in [6.45, 7) is 0.329. The Bertz CT molecular complexity index is 557. The average Bonchev–Trinajstić information content (AvgIpc) is 2.88. The van der Waals surface area contributed by atoms with Crippen LogP contribution in [-0.4, -0.2) is 33.1 Å². The molecule has 0 aliphatic heterocycles. The lowest BCUT2D eigenvalue weighted by Gasteiger charge is -2.04. The van der Waals surface area contributed by atoms with E-state index in [4.69, 9.17) is 5.73 Å². The van der Waals surface area contributed by atoms with Crippen molar-refractivity contribution in [3.05, 3.63) is 30.1 Å². The maximum absolute atomic E-state index is 11.4. The van der Waals surface area contributed by atoms with Crippen molar-refractivity contribution in [3.63, 3.8) is 0 Å². The molecule has 4 N–H and O–H groups in total. The molecule has 2 aromatic rings. The summed E-state index contributed by atoms with van der Waals surface area (Å²) >= 11 is 1.49. The van der Waals surface area contributed by atoms with Crippen LogP contribution in [0.4, 0.5) is 5.69 Å². The van der Waals surface area contributed by atoms with Crippen molar-refractivity contribution in [2.45, 2.75) is 6.54 Å². The lowest BCUT2D eigenvalue weighted by Crippen LogP contribution is -2.13. The SMILES string of the molecule is CSCC(=O)Nc1ccc(-c2n[nH]c(CN)n2)cc1.Cl. The van der Waals surface area contributed by atoms with Gasteiger partial charge < -0.3 is 11.1 Å². The van der Waals surface area contributed by atoms with Gasteiger partial charge in [-0.2, -0.15) is 16.9 Å². The highest BCUT2D eigenvalue weighted by atomic mass is 35.5. The van der Waals surface area contributed by atoms with Crippen molar-refractivity contribution < 1.29 is 4.79 Å². The highest BCUT2D eigenvalue weighted by Crippen LogP contribution is 2.18. The summed E-state index contributed by atoms with van der Waals surface area (Å²) in [5.41, 5.74) is 7.10. The smallest absolute Gasteiger partial charge is 0.234 e. The molecular formula is C12H16ClN5OS. The average molecular weight is 314 g/mol. The summed E-state index contributed by atoms with van der Waals surface area (Å²) in [5.74, 6) is 1.68. The van der Waals surface area contributed by atoms with E-state index in [1.54, 1.807) is 0 Å². The van der Waals surface area contributed by atoms with Gasteiger partial charge in [-0.05, 0) is 30.5 Å². The van der Waals surface area contributed by atoms with Crippen LogP contribution < -0.4 is 11.1 Å². The van der Waals surface area contributed by atoms with E-state index in [2.05, 4.69) is 20.5 Å². The zero-order valence-electron chi connectivity index (χ0n) is 10.9. The van der Waals surface area contributed by atoms with Crippen molar-refractivity contribution in [1.82, 2.24) is 15.2 Å². The first-order chi connectivity index (χ1) is 9.22. The number of hydrogen-bond donors (Lipinski definition) is 3. The molecule has 0 atom stereocenters. The molecule has 1 amide bonds. The van der Waals surface area contributed by atoms with Gasteiger partial charge in [-0.3, -0.25) is 9.89 Å². The number of halogens is 1. The van der Waals surface area contributed by atoms with Crippen LogP contribution in [0.25, 0.3) is 11.4 Å². The Labute approximate surface area is 127 Å². The number of aromatic nitrogens is 3. The zero-order valence-corrected chi connectivity index (χ0v) is 12.6. The Morgan fingerprint density at radius 1 is 1.40 bits per heavy atom. The number of amides is 1. The summed E-state index contributed by atoms with van der Waals surface area (Å²) < 4.78 is 0. The van der Waals surface area contributed by atoms with E-state index in [0.29, 0.717) is 23.9 Å². The molecule has 8 heteroatoms. The first-order valence-corrected chi connectivity index (χ1v) is 7.13. The molecule has 0 saturated heterocycles. The first-order valence-electron chi connectivity index (χ1n) is 5.73. The third-order valence-corrected chi connectivity index (χ3v) is 2.98. The molecule has 20 heavy (non-hydrogen) atoms. The number of nitrogens with zero attached hydrogens (tertiary/aromatic N) is 2. The van der Waals surface area contributed by atoms with Crippen molar-refractivity contribution in [1.29, 1.82) is 0 Å². The third-order valence-electron chi connectivity index (χ3n) is 2.43. The Morgan fingerprint density at radius 2 is 2.10 bits per heavy atom. The van der Waals surface area contributed by atoms with Gasteiger partial charge in [-0.1, -0.05) is 0 Å². The van der Waals surface area contributed by atoms with E-state index >= 15 is 0 Å². The zero-order chi connectivity index (χ0) is 13.7. The maximum Gasteiger partial charge on any atom is 0.234 e. The predicted octanol–water partition coefficient (Wildman–Crippen LogP) is 1.65. The number of nitrogens with one attached hydrogen (secondary N) is 2. The topological polar surface area (TPSA) is 96.7 Å². The van der Waals surface area contributed by atoms with Gasteiger partial charge in [0.2, 0.25) is 5.91 Å². The fraction of sp³-hybridized carbons (Fsp3) is 0.250. The van der Waals surface area contributed by atoms with Gasteiger partial charge in [0.15, 0.2) is 5.82 Å². The molecule has 0 saturated carbocycles. The van der Waals surface area contributed by atoms with Gasteiger partial charge in [0.1, 0.15) is 5.82 Å². The molecule has 1 aromatic heterocycles. The minimum absolute atomic E-state index is 0. The van der Waals surface area contributed by atoms with Crippen molar-refractivity contribution in [2.75, 3.05) is 17.3 Å². The summed E-state index contributed by atoms with van der Waals surface area (Å²) in [5, 5.41) is 9.64. The second-order valence-corrected chi connectivity index (χ2v) is 4.73. The van der Waals surface area contributed by atoms with Crippen LogP contribution in [0.1, 0.15) is 5.82 Å². The van der Waals surface area contributed by atoms with E-state index in [9.17, 15) is 4.79 Å². The lowest BCUT2D eigenvalue weighted by molar-refractivity contribution is -0.113. The number of carbonyl (C=O) groups excluding carboxylic acids is 1. The maximum atomic E-state index is 11.4. The van der Waals surface area contributed by atoms with Crippen molar-refractivity contribution >= 4 is 35.8 Å². The predicted molar refractivity (Wildman–Crippen MR) is 84.0 cm³/mol. The van der Waals surface area contributed by atoms with E-state index in [1.807, 2.05) is 30.5 Å². The molecule has 1 heterocycles. The molecule has 0 aliphatic rings. The molecule has 1 aromatic carbocycles. The quantitative estimate of drug-likeness (QED) is 0.780. The van der Waals surface area contributed by atoms with Crippen molar-refractivity contribution in [3.8, 4) is 11.4 Å². The summed E-state index contributed by atoms with van der Waals surface area (Å²) in [7, 11) is 0. The Hall–Kier alpha value is -1.57. The molecule has 6 nitrogen and oxygen atoms in total. The molecular weight excluding hydrogens is 298 g/mol. The fourth-order valence-electron chi connectivity index (χ4n) is 1.55. The van der Waals surface area contributed by atoms with Gasteiger partial charge in [-0.25, -0.2) is 4.98 Å². The Morgan fingerprint density at radius 3 is 2.65 bits per heavy atom. The van der Waals surface area contributed by atoms with E-state index in [0.717, 1.165) is 11.3 Å². The third kappa shape index (κ3) is 4.22.